The smallest absolute Gasteiger partial charge is 0.199 e. The van der Waals surface area contributed by atoms with Crippen LogP contribution in [0.25, 0.3) is 11.5 Å². The van der Waals surface area contributed by atoms with Crippen molar-refractivity contribution >= 4 is 0 Å². The average molecular weight is 192 g/mol. The molecule has 0 aliphatic carbocycles. The van der Waals surface area contributed by atoms with Gasteiger partial charge in [0, 0.05) is 7.05 Å². The maximum absolute atomic E-state index is 5.66. The molecule has 2 rings (SSSR count). The molecule has 0 radical (unpaired) electrons. The highest BCUT2D eigenvalue weighted by molar-refractivity contribution is 5.47. The molecule has 14 heavy (non-hydrogen) atoms. The Kier molecular flexibility index (Phi) is 2.05. The highest BCUT2D eigenvalue weighted by Crippen LogP contribution is 2.13. The Hall–Kier alpha value is -1.69. The summed E-state index contributed by atoms with van der Waals surface area (Å²) in [6.45, 7) is 1.85. The second-order valence-electron chi connectivity index (χ2n) is 3.22. The zero-order valence-corrected chi connectivity index (χ0v) is 8.10. The van der Waals surface area contributed by atoms with Crippen LogP contribution in [0.3, 0.4) is 0 Å². The zero-order valence-electron chi connectivity index (χ0n) is 8.10. The van der Waals surface area contributed by atoms with Crippen molar-refractivity contribution in [1.82, 2.24) is 24.7 Å². The van der Waals surface area contributed by atoms with Crippen LogP contribution in [0.2, 0.25) is 0 Å². The third-order valence-electron chi connectivity index (χ3n) is 1.98. The number of H-pyrrole nitrogens is 1. The number of hydrogen-bond donors (Lipinski definition) is 2. The first-order valence-electron chi connectivity index (χ1n) is 4.33. The van der Waals surface area contributed by atoms with Crippen molar-refractivity contribution in [2.45, 2.75) is 13.0 Å². The van der Waals surface area contributed by atoms with E-state index in [-0.39, 0.29) is 6.04 Å². The van der Waals surface area contributed by atoms with E-state index in [4.69, 9.17) is 5.73 Å². The number of imidazole rings is 1. The van der Waals surface area contributed by atoms with Gasteiger partial charge in [0.15, 0.2) is 5.82 Å². The Morgan fingerprint density at radius 2 is 2.36 bits per heavy atom. The van der Waals surface area contributed by atoms with Crippen LogP contribution in [0.1, 0.15) is 18.8 Å². The molecule has 0 fully saturated rings. The van der Waals surface area contributed by atoms with Crippen LogP contribution in [0, 0.1) is 0 Å². The Morgan fingerprint density at radius 3 is 2.86 bits per heavy atom. The van der Waals surface area contributed by atoms with Gasteiger partial charge in [-0.3, -0.25) is 5.10 Å². The van der Waals surface area contributed by atoms with Gasteiger partial charge in [0.1, 0.15) is 11.5 Å². The molecule has 0 saturated carbocycles. The predicted octanol–water partition coefficient (Wildman–Crippen LogP) is 0.225. The van der Waals surface area contributed by atoms with Gasteiger partial charge < -0.3 is 10.3 Å². The molecule has 6 heteroatoms. The summed E-state index contributed by atoms with van der Waals surface area (Å²) < 4.78 is 1.86. The summed E-state index contributed by atoms with van der Waals surface area (Å²) in [7, 11) is 1.89. The summed E-state index contributed by atoms with van der Waals surface area (Å²) in [6.07, 6.45) is 3.42. The fourth-order valence-corrected chi connectivity index (χ4v) is 1.17. The Morgan fingerprint density at radius 1 is 1.57 bits per heavy atom. The van der Waals surface area contributed by atoms with Crippen molar-refractivity contribution in [2.24, 2.45) is 12.8 Å². The molecule has 3 N–H and O–H groups in total. The quantitative estimate of drug-likeness (QED) is 0.713. The van der Waals surface area contributed by atoms with Gasteiger partial charge in [0.25, 0.3) is 0 Å². The lowest BCUT2D eigenvalue weighted by molar-refractivity contribution is 0.745. The average Bonchev–Trinajstić information content (AvgIpc) is 2.71. The normalized spacial score (nSPS) is 13.1. The molecule has 0 aliphatic rings. The van der Waals surface area contributed by atoms with Gasteiger partial charge in [-0.15, -0.1) is 0 Å². The monoisotopic (exact) mass is 192 g/mol. The van der Waals surface area contributed by atoms with E-state index in [1.54, 1.807) is 12.5 Å². The summed E-state index contributed by atoms with van der Waals surface area (Å²) in [5.74, 6) is 1.30. The Balaban J connectivity index is 2.39. The first kappa shape index (κ1) is 8.89. The molecule has 0 aromatic carbocycles. The summed E-state index contributed by atoms with van der Waals surface area (Å²) in [6, 6.07) is -0.135. The zero-order chi connectivity index (χ0) is 10.1. The molecule has 74 valence electrons. The van der Waals surface area contributed by atoms with Crippen LogP contribution < -0.4 is 5.73 Å². The van der Waals surface area contributed by atoms with Crippen LogP contribution in [0.15, 0.2) is 12.5 Å². The molecule has 6 nitrogen and oxygen atoms in total. The van der Waals surface area contributed by atoms with Crippen LogP contribution in [-0.2, 0) is 7.05 Å². The van der Waals surface area contributed by atoms with Crippen molar-refractivity contribution < 1.29 is 0 Å². The molecule has 2 heterocycles. The summed E-state index contributed by atoms with van der Waals surface area (Å²) in [4.78, 5) is 8.25. The summed E-state index contributed by atoms with van der Waals surface area (Å²) >= 11 is 0. The standard InChI is InChI=1S/C8H12N6/c1-5(9)7-11-8(13-12-7)6-3-10-4-14(6)2/h3-5H,9H2,1-2H3,(H,11,12,13). The molecule has 2 aromatic heterocycles. The number of nitrogens with two attached hydrogens (primary N) is 1. The second-order valence-corrected chi connectivity index (χ2v) is 3.22. The lowest BCUT2D eigenvalue weighted by Gasteiger charge is -1.96. The highest BCUT2D eigenvalue weighted by Gasteiger charge is 2.10. The SMILES string of the molecule is CC(N)c1nc(-c2cncn2C)n[nH]1. The van der Waals surface area contributed by atoms with Gasteiger partial charge in [-0.25, -0.2) is 9.97 Å². The molecule has 1 unspecified atom stereocenters. The van der Waals surface area contributed by atoms with E-state index in [1.165, 1.54) is 0 Å². The minimum Gasteiger partial charge on any atom is -0.331 e. The number of nitrogens with zero attached hydrogens (tertiary/aromatic N) is 4. The lowest BCUT2D eigenvalue weighted by atomic mass is 10.3. The fraction of sp³-hybridized carbons (Fsp3) is 0.375. The molecular formula is C8H12N6. The highest BCUT2D eigenvalue weighted by atomic mass is 15.2. The minimum absolute atomic E-state index is 0.135. The molecule has 0 bridgehead atoms. The topological polar surface area (TPSA) is 85.4 Å². The van der Waals surface area contributed by atoms with Gasteiger partial charge in [-0.05, 0) is 6.92 Å². The van der Waals surface area contributed by atoms with E-state index in [0.29, 0.717) is 11.6 Å². The Bertz CT molecular complexity index is 426. The van der Waals surface area contributed by atoms with Crippen LogP contribution in [-0.4, -0.2) is 24.7 Å². The summed E-state index contributed by atoms with van der Waals surface area (Å²) in [5, 5.41) is 6.86. The lowest BCUT2D eigenvalue weighted by Crippen LogP contribution is -2.06. The van der Waals surface area contributed by atoms with E-state index in [1.807, 2.05) is 18.5 Å². The van der Waals surface area contributed by atoms with Crippen LogP contribution in [0.5, 0.6) is 0 Å². The van der Waals surface area contributed by atoms with Gasteiger partial charge in [0.2, 0.25) is 0 Å². The third kappa shape index (κ3) is 1.39. The molecular weight excluding hydrogens is 180 g/mol. The number of aryl methyl sites for hydroxylation is 1. The molecule has 2 aromatic rings. The maximum Gasteiger partial charge on any atom is 0.199 e. The number of aromatic amines is 1. The van der Waals surface area contributed by atoms with Gasteiger partial charge in [-0.2, -0.15) is 5.10 Å². The van der Waals surface area contributed by atoms with Gasteiger partial charge in [0.05, 0.1) is 18.6 Å². The van der Waals surface area contributed by atoms with Crippen molar-refractivity contribution in [3.8, 4) is 11.5 Å². The first-order valence-corrected chi connectivity index (χ1v) is 4.33. The van der Waals surface area contributed by atoms with Crippen molar-refractivity contribution in [2.75, 3.05) is 0 Å². The molecule has 0 spiro atoms. The number of rotatable bonds is 2. The number of aromatic nitrogens is 5. The minimum atomic E-state index is -0.135. The number of hydrogen-bond acceptors (Lipinski definition) is 4. The Labute approximate surface area is 81.2 Å². The van der Waals surface area contributed by atoms with Crippen LogP contribution >= 0.6 is 0 Å². The molecule has 0 aliphatic heterocycles. The van der Waals surface area contributed by atoms with Crippen molar-refractivity contribution in [1.29, 1.82) is 0 Å². The maximum atomic E-state index is 5.66. The third-order valence-corrected chi connectivity index (χ3v) is 1.98. The predicted molar refractivity (Wildman–Crippen MR) is 51.2 cm³/mol. The van der Waals surface area contributed by atoms with Crippen LogP contribution in [0.4, 0.5) is 0 Å². The van der Waals surface area contributed by atoms with E-state index >= 15 is 0 Å². The fourth-order valence-electron chi connectivity index (χ4n) is 1.17. The molecule has 0 amide bonds. The van der Waals surface area contributed by atoms with Gasteiger partial charge >= 0.3 is 0 Å². The first-order chi connectivity index (χ1) is 6.68. The summed E-state index contributed by atoms with van der Waals surface area (Å²) in [5.41, 5.74) is 6.53. The molecule has 0 saturated heterocycles. The van der Waals surface area contributed by atoms with Crippen molar-refractivity contribution in [3.05, 3.63) is 18.3 Å². The van der Waals surface area contributed by atoms with E-state index in [0.717, 1.165) is 5.69 Å². The van der Waals surface area contributed by atoms with Gasteiger partial charge in [-0.1, -0.05) is 0 Å². The molecule has 1 atom stereocenters. The number of nitrogens with one attached hydrogen (secondary N) is 1. The van der Waals surface area contributed by atoms with Crippen molar-refractivity contribution in [3.63, 3.8) is 0 Å². The van der Waals surface area contributed by atoms with E-state index in [9.17, 15) is 0 Å². The van der Waals surface area contributed by atoms with E-state index in [2.05, 4.69) is 20.2 Å². The second kappa shape index (κ2) is 3.22. The van der Waals surface area contributed by atoms with E-state index < -0.39 is 0 Å². The largest absolute Gasteiger partial charge is 0.331 e.